The van der Waals surface area contributed by atoms with Gasteiger partial charge < -0.3 is 14.9 Å². The van der Waals surface area contributed by atoms with Crippen LogP contribution in [-0.4, -0.2) is 34.0 Å². The highest BCUT2D eigenvalue weighted by atomic mass is 79.9. The molecule has 1 aliphatic heterocycles. The van der Waals surface area contributed by atoms with E-state index in [-0.39, 0.29) is 6.61 Å². The topological polar surface area (TPSA) is 49.7 Å². The van der Waals surface area contributed by atoms with Gasteiger partial charge in [0, 0.05) is 0 Å². The van der Waals surface area contributed by atoms with Crippen LogP contribution in [0.2, 0.25) is 0 Å². The Morgan fingerprint density at radius 3 is 2.25 bits per heavy atom. The van der Waals surface area contributed by atoms with Gasteiger partial charge in [0.05, 0.1) is 6.61 Å². The van der Waals surface area contributed by atoms with Gasteiger partial charge in [0.2, 0.25) is 0 Å². The number of ether oxygens (including phenoxy) is 1. The smallest absolute Gasteiger partial charge is 0.141 e. The third-order valence-electron chi connectivity index (χ3n) is 1.09. The quantitative estimate of drug-likeness (QED) is 0.496. The first-order valence-corrected chi connectivity index (χ1v) is 3.25. The van der Waals surface area contributed by atoms with Gasteiger partial charge in [-0.3, -0.25) is 0 Å². The summed E-state index contributed by atoms with van der Waals surface area (Å²) in [5.41, 5.74) is 0. The summed E-state index contributed by atoms with van der Waals surface area (Å²) in [6.45, 7) is 0.219. The van der Waals surface area contributed by atoms with E-state index in [1.165, 1.54) is 0 Å². The lowest BCUT2D eigenvalue weighted by atomic mass is 10.3. The van der Waals surface area contributed by atoms with E-state index in [0.717, 1.165) is 0 Å². The molecule has 0 aliphatic carbocycles. The molecule has 0 amide bonds. The number of aliphatic hydroxyl groups excluding tert-OH is 2. The number of aliphatic hydroxyl groups is 2. The van der Waals surface area contributed by atoms with Crippen molar-refractivity contribution in [2.24, 2.45) is 0 Å². The zero-order chi connectivity index (χ0) is 6.15. The molecule has 1 heterocycles. The summed E-state index contributed by atoms with van der Waals surface area (Å²) < 4.78 is 4.79. The van der Waals surface area contributed by atoms with Crippen molar-refractivity contribution < 1.29 is 14.9 Å². The van der Waals surface area contributed by atoms with Crippen LogP contribution in [0.4, 0.5) is 0 Å². The van der Waals surface area contributed by atoms with Gasteiger partial charge in [0.1, 0.15) is 17.2 Å². The molecular weight excluding hydrogens is 176 g/mol. The summed E-state index contributed by atoms with van der Waals surface area (Å²) >= 11 is 3.01. The normalized spacial score (nSPS) is 47.6. The lowest BCUT2D eigenvalue weighted by Gasteiger charge is -2.05. The Kier molecular flexibility index (Phi) is 1.87. The van der Waals surface area contributed by atoms with Gasteiger partial charge in [-0.2, -0.15) is 0 Å². The molecule has 0 spiro atoms. The summed E-state index contributed by atoms with van der Waals surface area (Å²) in [5, 5.41) is 17.2. The van der Waals surface area contributed by atoms with E-state index in [9.17, 15) is 0 Å². The molecule has 8 heavy (non-hydrogen) atoms. The molecule has 3 unspecified atom stereocenters. The summed E-state index contributed by atoms with van der Waals surface area (Å²) in [6, 6.07) is 0. The van der Waals surface area contributed by atoms with E-state index < -0.39 is 17.2 Å². The van der Waals surface area contributed by atoms with Crippen molar-refractivity contribution in [2.75, 3.05) is 6.61 Å². The Balaban J connectivity index is 2.44. The summed E-state index contributed by atoms with van der Waals surface area (Å²) in [6.07, 6.45) is -1.49. The zero-order valence-electron chi connectivity index (χ0n) is 4.12. The van der Waals surface area contributed by atoms with Crippen LogP contribution >= 0.6 is 15.9 Å². The van der Waals surface area contributed by atoms with Crippen molar-refractivity contribution in [3.63, 3.8) is 0 Å². The highest BCUT2D eigenvalue weighted by Crippen LogP contribution is 2.18. The van der Waals surface area contributed by atoms with Gasteiger partial charge in [-0.25, -0.2) is 0 Å². The molecule has 3 nitrogen and oxygen atoms in total. The molecule has 1 rings (SSSR count). The van der Waals surface area contributed by atoms with Crippen molar-refractivity contribution in [1.82, 2.24) is 0 Å². The molecular formula is C4H7BrO3. The molecule has 4 heteroatoms. The third-order valence-corrected chi connectivity index (χ3v) is 1.89. The Bertz CT molecular complexity index is 77.4. The number of hydrogen-bond acceptors (Lipinski definition) is 3. The van der Waals surface area contributed by atoms with Crippen molar-refractivity contribution >= 4 is 15.9 Å². The van der Waals surface area contributed by atoms with Crippen LogP contribution in [-0.2, 0) is 4.74 Å². The Hall–Kier alpha value is 0.360. The molecule has 0 aromatic rings. The third kappa shape index (κ3) is 1.02. The second-order valence-corrected chi connectivity index (χ2v) is 2.64. The van der Waals surface area contributed by atoms with Crippen molar-refractivity contribution in [3.05, 3.63) is 0 Å². The van der Waals surface area contributed by atoms with Crippen LogP contribution in [0.5, 0.6) is 0 Å². The van der Waals surface area contributed by atoms with Crippen LogP contribution in [0, 0.1) is 0 Å². The van der Waals surface area contributed by atoms with Crippen LogP contribution < -0.4 is 0 Å². The fourth-order valence-corrected chi connectivity index (χ4v) is 1.07. The second kappa shape index (κ2) is 2.31. The monoisotopic (exact) mass is 182 g/mol. The standard InChI is InChI=1S/C4H7BrO3/c5-4-3(7)2(6)1-8-4/h2-4,6-7H,1H2. The van der Waals surface area contributed by atoms with E-state index in [2.05, 4.69) is 15.9 Å². The van der Waals surface area contributed by atoms with Gasteiger partial charge in [-0.05, 0) is 0 Å². The summed E-state index contributed by atoms with van der Waals surface area (Å²) in [7, 11) is 0. The first-order chi connectivity index (χ1) is 3.72. The molecule has 0 radical (unpaired) electrons. The molecule has 0 aromatic carbocycles. The van der Waals surface area contributed by atoms with Crippen molar-refractivity contribution in [2.45, 2.75) is 17.2 Å². The number of alkyl halides is 1. The highest BCUT2D eigenvalue weighted by Gasteiger charge is 2.32. The predicted octanol–water partition coefficient (Wildman–Crippen LogP) is -0.541. The first-order valence-electron chi connectivity index (χ1n) is 2.33. The predicted molar refractivity (Wildman–Crippen MR) is 30.7 cm³/mol. The van der Waals surface area contributed by atoms with Gasteiger partial charge in [0.25, 0.3) is 0 Å². The molecule has 1 aliphatic rings. The van der Waals surface area contributed by atoms with Crippen LogP contribution in [0.15, 0.2) is 0 Å². The minimum atomic E-state index is -0.769. The van der Waals surface area contributed by atoms with Crippen LogP contribution in [0.25, 0.3) is 0 Å². The molecule has 0 bridgehead atoms. The number of hydrogen-bond donors (Lipinski definition) is 2. The van der Waals surface area contributed by atoms with E-state index in [1.54, 1.807) is 0 Å². The lowest BCUT2D eigenvalue weighted by molar-refractivity contribution is 0.0530. The molecule has 1 saturated heterocycles. The SMILES string of the molecule is OC1COC(Br)C1O. The minimum absolute atomic E-state index is 0.219. The Morgan fingerprint density at radius 1 is 1.50 bits per heavy atom. The number of halogens is 1. The minimum Gasteiger partial charge on any atom is -0.388 e. The van der Waals surface area contributed by atoms with Gasteiger partial charge in [-0.1, -0.05) is 15.9 Å². The maximum Gasteiger partial charge on any atom is 0.141 e. The Labute approximate surface area is 55.4 Å². The van der Waals surface area contributed by atoms with Gasteiger partial charge >= 0.3 is 0 Å². The van der Waals surface area contributed by atoms with Gasteiger partial charge in [0.15, 0.2) is 0 Å². The second-order valence-electron chi connectivity index (χ2n) is 1.74. The average molecular weight is 183 g/mol. The van der Waals surface area contributed by atoms with Crippen LogP contribution in [0.3, 0.4) is 0 Å². The summed E-state index contributed by atoms with van der Waals surface area (Å²) in [4.78, 5) is 0. The van der Waals surface area contributed by atoms with E-state index in [1.807, 2.05) is 0 Å². The molecule has 0 saturated carbocycles. The molecule has 3 atom stereocenters. The molecule has 2 N–H and O–H groups in total. The molecule has 0 aromatic heterocycles. The maximum absolute atomic E-state index is 8.84. The van der Waals surface area contributed by atoms with Crippen molar-refractivity contribution in [1.29, 1.82) is 0 Å². The number of rotatable bonds is 0. The lowest BCUT2D eigenvalue weighted by Crippen LogP contribution is -2.25. The van der Waals surface area contributed by atoms with E-state index in [0.29, 0.717) is 0 Å². The molecule has 1 fully saturated rings. The van der Waals surface area contributed by atoms with E-state index >= 15 is 0 Å². The zero-order valence-corrected chi connectivity index (χ0v) is 5.71. The first kappa shape index (κ1) is 6.48. The fraction of sp³-hybridized carbons (Fsp3) is 1.00. The molecule has 48 valence electrons. The average Bonchev–Trinajstić information content (AvgIpc) is 1.98. The summed E-state index contributed by atoms with van der Waals surface area (Å²) in [5.74, 6) is 0. The highest BCUT2D eigenvalue weighted by molar-refractivity contribution is 9.09. The van der Waals surface area contributed by atoms with Crippen LogP contribution in [0.1, 0.15) is 0 Å². The van der Waals surface area contributed by atoms with Gasteiger partial charge in [-0.15, -0.1) is 0 Å². The Morgan fingerprint density at radius 2 is 2.12 bits per heavy atom. The largest absolute Gasteiger partial charge is 0.388 e. The maximum atomic E-state index is 8.84. The van der Waals surface area contributed by atoms with E-state index in [4.69, 9.17) is 14.9 Å². The fourth-order valence-electron chi connectivity index (χ4n) is 0.562. The van der Waals surface area contributed by atoms with Crippen molar-refractivity contribution in [3.8, 4) is 0 Å².